The molecule has 0 saturated carbocycles. The van der Waals surface area contributed by atoms with Gasteiger partial charge in [0.1, 0.15) is 0 Å². The van der Waals surface area contributed by atoms with Gasteiger partial charge < -0.3 is 10.6 Å². The summed E-state index contributed by atoms with van der Waals surface area (Å²) in [4.78, 5) is 14.4. The minimum absolute atomic E-state index is 0. The van der Waals surface area contributed by atoms with Crippen LogP contribution >= 0.6 is 12.4 Å². The summed E-state index contributed by atoms with van der Waals surface area (Å²) in [5.41, 5.74) is -0.539. The van der Waals surface area contributed by atoms with Gasteiger partial charge in [0, 0.05) is 39.3 Å². The van der Waals surface area contributed by atoms with E-state index in [0.717, 1.165) is 49.5 Å². The van der Waals surface area contributed by atoms with Crippen LogP contribution in [0.15, 0.2) is 30.5 Å². The zero-order valence-corrected chi connectivity index (χ0v) is 15.2. The Bertz CT molecular complexity index is 761. The molecule has 2 heterocycles. The normalized spacial score (nSPS) is 15.2. The molecule has 0 aliphatic carbocycles. The maximum Gasteiger partial charge on any atom is 0.416 e. The molecule has 0 spiro atoms. The summed E-state index contributed by atoms with van der Waals surface area (Å²) in [7, 11) is 0. The monoisotopic (exact) mass is 404 g/mol. The molecule has 1 amide bonds. The second-order valence-corrected chi connectivity index (χ2v) is 5.94. The first-order valence-electron chi connectivity index (χ1n) is 8.25. The van der Waals surface area contributed by atoms with E-state index in [1.54, 1.807) is 0 Å². The Morgan fingerprint density at radius 1 is 1.26 bits per heavy atom. The molecule has 148 valence electrons. The van der Waals surface area contributed by atoms with Crippen LogP contribution in [0.25, 0.3) is 5.69 Å². The van der Waals surface area contributed by atoms with Crippen LogP contribution in [0.1, 0.15) is 16.1 Å². The van der Waals surface area contributed by atoms with Crippen LogP contribution in [-0.4, -0.2) is 65.1 Å². The molecule has 0 unspecified atom stereocenters. The zero-order valence-electron chi connectivity index (χ0n) is 14.4. The fourth-order valence-electron chi connectivity index (χ4n) is 2.67. The molecule has 27 heavy (non-hydrogen) atoms. The number of piperazine rings is 1. The van der Waals surface area contributed by atoms with Gasteiger partial charge in [0.05, 0.1) is 17.4 Å². The number of alkyl halides is 3. The van der Waals surface area contributed by atoms with Crippen molar-refractivity contribution in [3.05, 3.63) is 41.7 Å². The number of carbonyl (C=O) groups is 1. The first-order chi connectivity index (χ1) is 12.4. The third-order valence-electron chi connectivity index (χ3n) is 4.09. The molecule has 1 aromatic heterocycles. The van der Waals surface area contributed by atoms with Crippen molar-refractivity contribution >= 4 is 18.3 Å². The largest absolute Gasteiger partial charge is 0.416 e. The lowest BCUT2D eigenvalue weighted by molar-refractivity contribution is -0.137. The number of hydrogen-bond acceptors (Lipinski definition) is 5. The van der Waals surface area contributed by atoms with Crippen molar-refractivity contribution in [1.29, 1.82) is 0 Å². The van der Waals surface area contributed by atoms with Crippen molar-refractivity contribution in [2.24, 2.45) is 0 Å². The lowest BCUT2D eigenvalue weighted by atomic mass is 10.2. The minimum atomic E-state index is -4.44. The molecule has 2 aromatic rings. The van der Waals surface area contributed by atoms with E-state index in [4.69, 9.17) is 0 Å². The van der Waals surface area contributed by atoms with Crippen LogP contribution in [-0.2, 0) is 6.18 Å². The second kappa shape index (κ2) is 9.16. The summed E-state index contributed by atoms with van der Waals surface area (Å²) in [5, 5.41) is 13.5. The Kier molecular flexibility index (Phi) is 7.17. The molecule has 2 N–H and O–H groups in total. The van der Waals surface area contributed by atoms with E-state index in [1.807, 2.05) is 0 Å². The van der Waals surface area contributed by atoms with Gasteiger partial charge in [0.25, 0.3) is 5.91 Å². The van der Waals surface area contributed by atoms with E-state index in [-0.39, 0.29) is 23.8 Å². The molecule has 1 aliphatic heterocycles. The number of rotatable bonds is 5. The topological polar surface area (TPSA) is 75.1 Å². The second-order valence-electron chi connectivity index (χ2n) is 5.94. The van der Waals surface area contributed by atoms with E-state index in [0.29, 0.717) is 6.54 Å². The summed E-state index contributed by atoms with van der Waals surface area (Å²) < 4.78 is 39.5. The number of aromatic nitrogens is 3. The molecular weight excluding hydrogens is 385 g/mol. The third-order valence-corrected chi connectivity index (χ3v) is 4.09. The minimum Gasteiger partial charge on any atom is -0.349 e. The van der Waals surface area contributed by atoms with Gasteiger partial charge in [0.2, 0.25) is 0 Å². The Labute approximate surface area is 160 Å². The number of amides is 1. The van der Waals surface area contributed by atoms with Crippen LogP contribution in [0.2, 0.25) is 0 Å². The van der Waals surface area contributed by atoms with Gasteiger partial charge in [-0.3, -0.25) is 9.69 Å². The summed E-state index contributed by atoms with van der Waals surface area (Å²) >= 11 is 0. The molecule has 1 saturated heterocycles. The highest BCUT2D eigenvalue weighted by atomic mass is 35.5. The van der Waals surface area contributed by atoms with Crippen molar-refractivity contribution in [2.45, 2.75) is 6.18 Å². The fourth-order valence-corrected chi connectivity index (χ4v) is 2.67. The lowest BCUT2D eigenvalue weighted by Gasteiger charge is -2.26. The van der Waals surface area contributed by atoms with E-state index in [1.165, 1.54) is 18.3 Å². The number of hydrogen-bond donors (Lipinski definition) is 2. The van der Waals surface area contributed by atoms with Crippen molar-refractivity contribution in [3.8, 4) is 5.69 Å². The Balaban J connectivity index is 0.00000261. The molecule has 3 rings (SSSR count). The highest BCUT2D eigenvalue weighted by Gasteiger charge is 2.30. The average molecular weight is 405 g/mol. The quantitative estimate of drug-likeness (QED) is 0.786. The molecule has 0 bridgehead atoms. The summed E-state index contributed by atoms with van der Waals surface area (Å²) in [6, 6.07) is 4.69. The summed E-state index contributed by atoms with van der Waals surface area (Å²) in [6.45, 7) is 4.92. The van der Waals surface area contributed by atoms with Crippen LogP contribution in [0.4, 0.5) is 13.2 Å². The van der Waals surface area contributed by atoms with E-state index < -0.39 is 17.6 Å². The van der Waals surface area contributed by atoms with Gasteiger partial charge >= 0.3 is 6.18 Å². The van der Waals surface area contributed by atoms with Crippen molar-refractivity contribution in [1.82, 2.24) is 30.5 Å². The number of carbonyl (C=O) groups excluding carboxylic acids is 1. The number of halogens is 4. The Morgan fingerprint density at radius 2 is 2.00 bits per heavy atom. The third kappa shape index (κ3) is 5.65. The van der Waals surface area contributed by atoms with Crippen molar-refractivity contribution in [2.75, 3.05) is 39.3 Å². The van der Waals surface area contributed by atoms with Crippen LogP contribution in [0.3, 0.4) is 0 Å². The zero-order chi connectivity index (χ0) is 18.6. The molecule has 0 radical (unpaired) electrons. The van der Waals surface area contributed by atoms with E-state index in [2.05, 4.69) is 25.8 Å². The number of benzene rings is 1. The van der Waals surface area contributed by atoms with Crippen molar-refractivity contribution < 1.29 is 18.0 Å². The van der Waals surface area contributed by atoms with Gasteiger partial charge in [-0.2, -0.15) is 13.2 Å². The highest BCUT2D eigenvalue weighted by Crippen LogP contribution is 2.30. The van der Waals surface area contributed by atoms with Crippen molar-refractivity contribution in [3.63, 3.8) is 0 Å². The van der Waals surface area contributed by atoms with Crippen LogP contribution in [0, 0.1) is 0 Å². The molecule has 1 aromatic carbocycles. The Hall–Kier alpha value is -2.17. The molecule has 11 heteroatoms. The molecule has 7 nitrogen and oxygen atoms in total. The van der Waals surface area contributed by atoms with E-state index >= 15 is 0 Å². The summed E-state index contributed by atoms with van der Waals surface area (Å²) in [6.07, 6.45) is -3.13. The van der Waals surface area contributed by atoms with Gasteiger partial charge in [-0.25, -0.2) is 4.68 Å². The smallest absolute Gasteiger partial charge is 0.349 e. The standard InChI is InChI=1S/C16H19F3N6O.ClH/c17-16(18,19)12-2-1-3-13(10-12)25-11-14(22-23-25)15(26)21-6-9-24-7-4-20-5-8-24;/h1-3,10-11,20H,4-9H2,(H,21,26);1H. The lowest BCUT2D eigenvalue weighted by Crippen LogP contribution is -2.46. The number of nitrogens with zero attached hydrogens (tertiary/aromatic N) is 4. The predicted molar refractivity (Wildman–Crippen MR) is 95.3 cm³/mol. The number of nitrogens with one attached hydrogen (secondary N) is 2. The van der Waals surface area contributed by atoms with Gasteiger partial charge in [-0.15, -0.1) is 17.5 Å². The van der Waals surface area contributed by atoms with Gasteiger partial charge in [0.15, 0.2) is 5.69 Å². The Morgan fingerprint density at radius 3 is 2.70 bits per heavy atom. The molecular formula is C16H20ClF3N6O. The van der Waals surface area contributed by atoms with Crippen LogP contribution < -0.4 is 10.6 Å². The maximum atomic E-state index is 12.8. The average Bonchev–Trinajstić information content (AvgIpc) is 3.12. The van der Waals surface area contributed by atoms with Gasteiger partial charge in [-0.1, -0.05) is 11.3 Å². The van der Waals surface area contributed by atoms with E-state index in [9.17, 15) is 18.0 Å². The predicted octanol–water partition coefficient (Wildman–Crippen LogP) is 1.34. The molecule has 0 atom stereocenters. The fraction of sp³-hybridized carbons (Fsp3) is 0.438. The molecule has 1 aliphatic rings. The summed E-state index contributed by atoms with van der Waals surface area (Å²) in [5.74, 6) is -0.404. The maximum absolute atomic E-state index is 12.8. The van der Waals surface area contributed by atoms with Crippen LogP contribution in [0.5, 0.6) is 0 Å². The van der Waals surface area contributed by atoms with Gasteiger partial charge in [-0.05, 0) is 18.2 Å². The SMILES string of the molecule is Cl.O=C(NCCN1CCNCC1)c1cn(-c2cccc(C(F)(F)F)c2)nn1. The first kappa shape index (κ1) is 21.1. The molecule has 1 fully saturated rings. The first-order valence-corrected chi connectivity index (χ1v) is 8.25. The highest BCUT2D eigenvalue weighted by molar-refractivity contribution is 5.91.